The van der Waals surface area contributed by atoms with E-state index in [9.17, 15) is 9.18 Å². The van der Waals surface area contributed by atoms with E-state index in [1.54, 1.807) is 18.2 Å². The van der Waals surface area contributed by atoms with Gasteiger partial charge in [0.1, 0.15) is 5.82 Å². The van der Waals surface area contributed by atoms with E-state index in [0.717, 1.165) is 10.5 Å². The molecule has 1 N–H and O–H groups in total. The number of rotatable bonds is 4. The molecule has 0 spiro atoms. The van der Waals surface area contributed by atoms with Crippen LogP contribution in [-0.2, 0) is 4.79 Å². The Labute approximate surface area is 128 Å². The summed E-state index contributed by atoms with van der Waals surface area (Å²) in [5, 5.41) is 2.33. The molecule has 4 heteroatoms. The molecule has 0 fully saturated rings. The monoisotopic (exact) mass is 303 g/mol. The molecule has 2 aromatic carbocycles. The van der Waals surface area contributed by atoms with Gasteiger partial charge in [-0.2, -0.15) is 0 Å². The number of thioether (sulfide) groups is 1. The summed E-state index contributed by atoms with van der Waals surface area (Å²) in [7, 11) is 0. The van der Waals surface area contributed by atoms with Crippen LogP contribution in [0, 0.1) is 19.7 Å². The zero-order valence-corrected chi connectivity index (χ0v) is 13.1. The third-order valence-corrected chi connectivity index (χ3v) is 4.41. The molecular formula is C17H18FNOS. The summed E-state index contributed by atoms with van der Waals surface area (Å²) in [6.45, 7) is 5.88. The van der Waals surface area contributed by atoms with Gasteiger partial charge in [-0.3, -0.25) is 4.79 Å². The van der Waals surface area contributed by atoms with Crippen LogP contribution in [0.25, 0.3) is 0 Å². The third-order valence-electron chi connectivity index (χ3n) is 3.14. The van der Waals surface area contributed by atoms with Crippen LogP contribution >= 0.6 is 11.8 Å². The van der Waals surface area contributed by atoms with Crippen LogP contribution in [0.2, 0.25) is 0 Å². The minimum atomic E-state index is -0.422. The Kier molecular flexibility index (Phi) is 5.02. The second-order valence-electron chi connectivity index (χ2n) is 5.00. The molecular weight excluding hydrogens is 285 g/mol. The Hall–Kier alpha value is -1.81. The summed E-state index contributed by atoms with van der Waals surface area (Å²) < 4.78 is 13.5. The maximum Gasteiger partial charge on any atom is 0.237 e. The number of halogens is 1. The molecule has 21 heavy (non-hydrogen) atoms. The predicted molar refractivity (Wildman–Crippen MR) is 86.3 cm³/mol. The average Bonchev–Trinajstić information content (AvgIpc) is 2.44. The molecule has 0 saturated carbocycles. The van der Waals surface area contributed by atoms with E-state index in [0.29, 0.717) is 0 Å². The number of carbonyl (C=O) groups is 1. The molecule has 110 valence electrons. The maximum absolute atomic E-state index is 13.5. The Morgan fingerprint density at radius 1 is 1.19 bits per heavy atom. The zero-order valence-electron chi connectivity index (χ0n) is 12.3. The van der Waals surface area contributed by atoms with Gasteiger partial charge in [-0.1, -0.05) is 29.8 Å². The van der Waals surface area contributed by atoms with E-state index in [4.69, 9.17) is 0 Å². The third kappa shape index (κ3) is 4.08. The predicted octanol–water partition coefficient (Wildman–Crippen LogP) is 4.56. The van der Waals surface area contributed by atoms with Crippen LogP contribution in [0.5, 0.6) is 0 Å². The number of carbonyl (C=O) groups excluding carboxylic acids is 1. The lowest BCUT2D eigenvalue weighted by molar-refractivity contribution is -0.115. The number of nitrogens with one attached hydrogen (secondary N) is 1. The topological polar surface area (TPSA) is 29.1 Å². The highest BCUT2D eigenvalue weighted by Crippen LogP contribution is 2.28. The van der Waals surface area contributed by atoms with E-state index in [1.165, 1.54) is 23.4 Å². The van der Waals surface area contributed by atoms with E-state index >= 15 is 0 Å². The quantitative estimate of drug-likeness (QED) is 0.839. The molecule has 2 rings (SSSR count). The van der Waals surface area contributed by atoms with Gasteiger partial charge in [0.2, 0.25) is 5.91 Å². The second kappa shape index (κ2) is 6.76. The Morgan fingerprint density at radius 3 is 2.57 bits per heavy atom. The number of hydrogen-bond acceptors (Lipinski definition) is 2. The molecule has 0 bridgehead atoms. The van der Waals surface area contributed by atoms with E-state index in [1.807, 2.05) is 32.9 Å². The highest BCUT2D eigenvalue weighted by atomic mass is 32.2. The fraction of sp³-hybridized carbons (Fsp3) is 0.235. The average molecular weight is 303 g/mol. The first-order valence-electron chi connectivity index (χ1n) is 6.76. The first-order chi connectivity index (χ1) is 9.97. The molecule has 0 radical (unpaired) electrons. The van der Waals surface area contributed by atoms with Crippen LogP contribution in [-0.4, -0.2) is 11.2 Å². The molecule has 2 nitrogen and oxygen atoms in total. The highest BCUT2D eigenvalue weighted by Gasteiger charge is 2.16. The standard InChI is InChI=1S/C17H18FNOS/c1-11-8-9-16(12(2)10-11)21-13(3)17(20)19-15-7-5-4-6-14(15)18/h4-10,13H,1-3H3,(H,19,20)/t13-/m0/s1. The van der Waals surface area contributed by atoms with Crippen molar-refractivity contribution >= 4 is 23.4 Å². The summed E-state index contributed by atoms with van der Waals surface area (Å²) in [4.78, 5) is 13.2. The fourth-order valence-electron chi connectivity index (χ4n) is 1.97. The molecule has 1 amide bonds. The van der Waals surface area contributed by atoms with E-state index in [2.05, 4.69) is 11.4 Å². The molecule has 0 aliphatic rings. The lowest BCUT2D eigenvalue weighted by Gasteiger charge is -2.14. The number of anilines is 1. The van der Waals surface area contributed by atoms with Gasteiger partial charge in [-0.15, -0.1) is 11.8 Å². The summed E-state index contributed by atoms with van der Waals surface area (Å²) >= 11 is 1.48. The van der Waals surface area contributed by atoms with Crippen molar-refractivity contribution in [3.05, 3.63) is 59.4 Å². The molecule has 2 aromatic rings. The van der Waals surface area contributed by atoms with Crippen molar-refractivity contribution < 1.29 is 9.18 Å². The lowest BCUT2D eigenvalue weighted by atomic mass is 10.2. The smallest absolute Gasteiger partial charge is 0.237 e. The minimum absolute atomic E-state index is 0.204. The largest absolute Gasteiger partial charge is 0.323 e. The van der Waals surface area contributed by atoms with Gasteiger partial charge in [0.25, 0.3) is 0 Å². The fourth-order valence-corrected chi connectivity index (χ4v) is 2.91. The number of para-hydroxylation sites is 1. The molecule has 0 unspecified atom stereocenters. The molecule has 0 aliphatic heterocycles. The summed E-state index contributed by atoms with van der Waals surface area (Å²) in [5.74, 6) is -0.625. The van der Waals surface area contributed by atoms with Gasteiger partial charge in [0.15, 0.2) is 0 Å². The van der Waals surface area contributed by atoms with Crippen LogP contribution in [0.4, 0.5) is 10.1 Å². The van der Waals surface area contributed by atoms with Crippen LogP contribution < -0.4 is 5.32 Å². The molecule has 1 atom stereocenters. The zero-order chi connectivity index (χ0) is 15.4. The first kappa shape index (κ1) is 15.6. The molecule has 0 heterocycles. The van der Waals surface area contributed by atoms with Gasteiger partial charge in [0, 0.05) is 4.90 Å². The molecule has 0 saturated heterocycles. The Balaban J connectivity index is 2.04. The van der Waals surface area contributed by atoms with Gasteiger partial charge < -0.3 is 5.32 Å². The van der Waals surface area contributed by atoms with Crippen molar-refractivity contribution in [2.75, 3.05) is 5.32 Å². The number of benzene rings is 2. The molecule has 0 aromatic heterocycles. The maximum atomic E-state index is 13.5. The highest BCUT2D eigenvalue weighted by molar-refractivity contribution is 8.00. The van der Waals surface area contributed by atoms with E-state index in [-0.39, 0.29) is 16.8 Å². The lowest BCUT2D eigenvalue weighted by Crippen LogP contribution is -2.23. The molecule has 0 aliphatic carbocycles. The van der Waals surface area contributed by atoms with Crippen molar-refractivity contribution in [1.29, 1.82) is 0 Å². The Morgan fingerprint density at radius 2 is 1.90 bits per heavy atom. The normalized spacial score (nSPS) is 12.0. The number of hydrogen-bond donors (Lipinski definition) is 1. The van der Waals surface area contributed by atoms with Crippen LogP contribution in [0.3, 0.4) is 0 Å². The van der Waals surface area contributed by atoms with Crippen LogP contribution in [0.15, 0.2) is 47.4 Å². The van der Waals surface area contributed by atoms with Gasteiger partial charge in [-0.05, 0) is 44.5 Å². The van der Waals surface area contributed by atoms with E-state index < -0.39 is 5.82 Å². The number of amides is 1. The van der Waals surface area contributed by atoms with Crippen molar-refractivity contribution in [3.63, 3.8) is 0 Å². The van der Waals surface area contributed by atoms with Gasteiger partial charge in [-0.25, -0.2) is 4.39 Å². The van der Waals surface area contributed by atoms with Crippen molar-refractivity contribution in [3.8, 4) is 0 Å². The summed E-state index contributed by atoms with van der Waals surface area (Å²) in [5.41, 5.74) is 2.56. The van der Waals surface area contributed by atoms with Crippen molar-refractivity contribution in [2.24, 2.45) is 0 Å². The van der Waals surface area contributed by atoms with Gasteiger partial charge in [0.05, 0.1) is 10.9 Å². The Bertz CT molecular complexity index is 657. The van der Waals surface area contributed by atoms with Crippen LogP contribution in [0.1, 0.15) is 18.1 Å². The SMILES string of the molecule is Cc1ccc(S[C@@H](C)C(=O)Nc2ccccc2F)c(C)c1. The first-order valence-corrected chi connectivity index (χ1v) is 7.64. The summed E-state index contributed by atoms with van der Waals surface area (Å²) in [6.07, 6.45) is 0. The minimum Gasteiger partial charge on any atom is -0.323 e. The second-order valence-corrected chi connectivity index (χ2v) is 6.38. The summed E-state index contributed by atoms with van der Waals surface area (Å²) in [6, 6.07) is 12.3. The van der Waals surface area contributed by atoms with Gasteiger partial charge >= 0.3 is 0 Å². The van der Waals surface area contributed by atoms with Crippen molar-refractivity contribution in [2.45, 2.75) is 30.9 Å². The number of aryl methyl sites for hydroxylation is 2. The van der Waals surface area contributed by atoms with Crippen molar-refractivity contribution in [1.82, 2.24) is 0 Å².